The van der Waals surface area contributed by atoms with Gasteiger partial charge in [-0.3, -0.25) is 0 Å². The largest absolute Gasteiger partial charge is 0.478 e. The first kappa shape index (κ1) is 12.9. The lowest BCUT2D eigenvalue weighted by Gasteiger charge is -2.07. The van der Waals surface area contributed by atoms with Crippen LogP contribution in [-0.2, 0) is 6.54 Å². The quantitative estimate of drug-likeness (QED) is 0.784. The molecule has 100 valence electrons. The first-order valence-electron chi connectivity index (χ1n) is 6.20. The first-order valence-corrected chi connectivity index (χ1v) is 6.99. The van der Waals surface area contributed by atoms with Gasteiger partial charge in [0.2, 0.25) is 0 Å². The predicted octanol–water partition coefficient (Wildman–Crippen LogP) is 4.15. The number of carboxylic acids is 1. The lowest BCUT2D eigenvalue weighted by Crippen LogP contribution is -2.01. The molecule has 0 radical (unpaired) electrons. The van der Waals surface area contributed by atoms with E-state index >= 15 is 0 Å². The third-order valence-corrected chi connectivity index (χ3v) is 3.75. The molecule has 0 amide bonds. The van der Waals surface area contributed by atoms with Crippen LogP contribution in [-0.4, -0.2) is 15.6 Å². The highest BCUT2D eigenvalue weighted by atomic mass is 79.9. The molecule has 0 fully saturated rings. The maximum absolute atomic E-state index is 11.0. The molecule has 3 nitrogen and oxygen atoms in total. The fraction of sp³-hybridized carbons (Fsp3) is 0.0625. The summed E-state index contributed by atoms with van der Waals surface area (Å²) >= 11 is 3.46. The third-order valence-electron chi connectivity index (χ3n) is 3.26. The maximum atomic E-state index is 11.0. The molecule has 0 saturated heterocycles. The molecule has 0 saturated carbocycles. The van der Waals surface area contributed by atoms with Gasteiger partial charge in [0.25, 0.3) is 0 Å². The van der Waals surface area contributed by atoms with E-state index in [1.807, 2.05) is 18.3 Å². The SMILES string of the molecule is O=C(O)c1cccc(Cn2ccc3cc(Br)ccc32)c1. The number of benzene rings is 2. The van der Waals surface area contributed by atoms with Crippen LogP contribution >= 0.6 is 15.9 Å². The van der Waals surface area contributed by atoms with Crippen LogP contribution in [0.1, 0.15) is 15.9 Å². The number of hydrogen-bond acceptors (Lipinski definition) is 1. The Hall–Kier alpha value is -2.07. The van der Waals surface area contributed by atoms with Gasteiger partial charge < -0.3 is 9.67 Å². The van der Waals surface area contributed by atoms with Crippen LogP contribution in [0.3, 0.4) is 0 Å². The number of nitrogens with zero attached hydrogens (tertiary/aromatic N) is 1. The Morgan fingerprint density at radius 2 is 2.00 bits per heavy atom. The molecule has 0 bridgehead atoms. The Bertz CT molecular complexity index is 792. The van der Waals surface area contributed by atoms with E-state index in [0.29, 0.717) is 12.1 Å². The standard InChI is InChI=1S/C16H12BrNO2/c17-14-4-5-15-12(9-14)6-7-18(15)10-11-2-1-3-13(8-11)16(19)20/h1-9H,10H2,(H,19,20). The van der Waals surface area contributed by atoms with E-state index in [9.17, 15) is 4.79 Å². The van der Waals surface area contributed by atoms with Crippen LogP contribution in [0.5, 0.6) is 0 Å². The van der Waals surface area contributed by atoms with Crippen LogP contribution in [0.4, 0.5) is 0 Å². The summed E-state index contributed by atoms with van der Waals surface area (Å²) in [4.78, 5) is 11.0. The number of fused-ring (bicyclic) bond motifs is 1. The molecule has 4 heteroatoms. The second kappa shape index (κ2) is 5.13. The zero-order chi connectivity index (χ0) is 14.1. The topological polar surface area (TPSA) is 42.2 Å². The van der Waals surface area contributed by atoms with Crippen LogP contribution < -0.4 is 0 Å². The normalized spacial score (nSPS) is 10.8. The van der Waals surface area contributed by atoms with Crippen molar-refractivity contribution in [2.75, 3.05) is 0 Å². The van der Waals surface area contributed by atoms with Crippen LogP contribution in [0.2, 0.25) is 0 Å². The number of aromatic carboxylic acids is 1. The van der Waals surface area contributed by atoms with Crippen molar-refractivity contribution in [1.29, 1.82) is 0 Å². The zero-order valence-corrected chi connectivity index (χ0v) is 12.2. The van der Waals surface area contributed by atoms with Crippen molar-refractivity contribution in [2.24, 2.45) is 0 Å². The number of carbonyl (C=O) groups is 1. The van der Waals surface area contributed by atoms with Crippen molar-refractivity contribution in [3.63, 3.8) is 0 Å². The molecular formula is C16H12BrNO2. The molecule has 0 aliphatic carbocycles. The molecule has 1 N–H and O–H groups in total. The van der Waals surface area contributed by atoms with Gasteiger partial charge >= 0.3 is 5.97 Å². The third kappa shape index (κ3) is 2.47. The van der Waals surface area contributed by atoms with Gasteiger partial charge in [-0.15, -0.1) is 0 Å². The average Bonchev–Trinajstić information content (AvgIpc) is 2.81. The molecule has 0 atom stereocenters. The minimum absolute atomic E-state index is 0.321. The molecule has 0 aliphatic heterocycles. The molecule has 3 aromatic rings. The fourth-order valence-electron chi connectivity index (χ4n) is 2.31. The number of rotatable bonds is 3. The summed E-state index contributed by atoms with van der Waals surface area (Å²) in [5.74, 6) is -0.895. The summed E-state index contributed by atoms with van der Waals surface area (Å²) in [5, 5.41) is 10.2. The Kier molecular flexibility index (Phi) is 3.32. The van der Waals surface area contributed by atoms with Crippen molar-refractivity contribution < 1.29 is 9.90 Å². The van der Waals surface area contributed by atoms with E-state index in [2.05, 4.69) is 38.7 Å². The second-order valence-corrected chi connectivity index (χ2v) is 5.57. The van der Waals surface area contributed by atoms with Crippen molar-refractivity contribution in [1.82, 2.24) is 4.57 Å². The van der Waals surface area contributed by atoms with Crippen molar-refractivity contribution in [3.8, 4) is 0 Å². The molecule has 0 spiro atoms. The maximum Gasteiger partial charge on any atom is 0.335 e. The van der Waals surface area contributed by atoms with E-state index in [-0.39, 0.29) is 0 Å². The van der Waals surface area contributed by atoms with E-state index in [4.69, 9.17) is 5.11 Å². The van der Waals surface area contributed by atoms with Crippen LogP contribution in [0.15, 0.2) is 59.2 Å². The predicted molar refractivity (Wildman–Crippen MR) is 82.1 cm³/mol. The highest BCUT2D eigenvalue weighted by Gasteiger charge is 2.05. The summed E-state index contributed by atoms with van der Waals surface area (Å²) in [6, 6.07) is 15.2. The van der Waals surface area contributed by atoms with Gasteiger partial charge in [0, 0.05) is 28.1 Å². The van der Waals surface area contributed by atoms with Gasteiger partial charge in [0.15, 0.2) is 0 Å². The van der Waals surface area contributed by atoms with Crippen LogP contribution in [0.25, 0.3) is 10.9 Å². The highest BCUT2D eigenvalue weighted by Crippen LogP contribution is 2.22. The molecular weight excluding hydrogens is 318 g/mol. The van der Waals surface area contributed by atoms with Gasteiger partial charge in [-0.1, -0.05) is 28.1 Å². The number of carboxylic acid groups (broad SMARTS) is 1. The van der Waals surface area contributed by atoms with Gasteiger partial charge in [-0.25, -0.2) is 4.79 Å². The van der Waals surface area contributed by atoms with Gasteiger partial charge in [-0.05, 0) is 42.0 Å². The Morgan fingerprint density at radius 1 is 1.15 bits per heavy atom. The molecule has 1 heterocycles. The van der Waals surface area contributed by atoms with E-state index in [0.717, 1.165) is 20.9 Å². The molecule has 0 aliphatic rings. The summed E-state index contributed by atoms with van der Waals surface area (Å²) in [6.07, 6.45) is 2.02. The molecule has 20 heavy (non-hydrogen) atoms. The lowest BCUT2D eigenvalue weighted by molar-refractivity contribution is 0.0696. The smallest absolute Gasteiger partial charge is 0.335 e. The van der Waals surface area contributed by atoms with Crippen molar-refractivity contribution in [3.05, 3.63) is 70.3 Å². The second-order valence-electron chi connectivity index (χ2n) is 4.65. The van der Waals surface area contributed by atoms with Crippen molar-refractivity contribution >= 4 is 32.8 Å². The van der Waals surface area contributed by atoms with E-state index in [1.54, 1.807) is 18.2 Å². The number of halogens is 1. The van der Waals surface area contributed by atoms with E-state index < -0.39 is 5.97 Å². The molecule has 3 rings (SSSR count). The summed E-state index contributed by atoms with van der Waals surface area (Å²) in [6.45, 7) is 0.659. The minimum Gasteiger partial charge on any atom is -0.478 e. The Balaban J connectivity index is 1.97. The van der Waals surface area contributed by atoms with E-state index in [1.165, 1.54) is 0 Å². The monoisotopic (exact) mass is 329 g/mol. The zero-order valence-electron chi connectivity index (χ0n) is 10.6. The van der Waals surface area contributed by atoms with Gasteiger partial charge in [0.1, 0.15) is 0 Å². The summed E-state index contributed by atoms with van der Waals surface area (Å²) < 4.78 is 3.17. The lowest BCUT2D eigenvalue weighted by atomic mass is 10.1. The highest BCUT2D eigenvalue weighted by molar-refractivity contribution is 9.10. The van der Waals surface area contributed by atoms with Crippen molar-refractivity contribution in [2.45, 2.75) is 6.54 Å². The molecule has 2 aromatic carbocycles. The average molecular weight is 330 g/mol. The summed E-state index contributed by atoms with van der Waals surface area (Å²) in [5.41, 5.74) is 2.43. The molecule has 0 unspecified atom stereocenters. The van der Waals surface area contributed by atoms with Gasteiger partial charge in [0.05, 0.1) is 5.56 Å². The first-order chi connectivity index (χ1) is 9.63. The number of hydrogen-bond donors (Lipinski definition) is 1. The Labute approximate surface area is 124 Å². The summed E-state index contributed by atoms with van der Waals surface area (Å²) in [7, 11) is 0. The minimum atomic E-state index is -0.895. The number of aromatic nitrogens is 1. The Morgan fingerprint density at radius 3 is 2.80 bits per heavy atom. The molecule has 1 aromatic heterocycles. The fourth-order valence-corrected chi connectivity index (χ4v) is 2.69. The van der Waals surface area contributed by atoms with Crippen LogP contribution in [0, 0.1) is 0 Å². The van der Waals surface area contributed by atoms with Gasteiger partial charge in [-0.2, -0.15) is 0 Å².